The Morgan fingerprint density at radius 3 is 2.25 bits per heavy atom. The fourth-order valence-corrected chi connectivity index (χ4v) is 0.395. The first-order chi connectivity index (χ1) is 3.89. The number of hydrogen-bond donors (Lipinski definition) is 0. The summed E-state index contributed by atoms with van der Waals surface area (Å²) in [5.41, 5.74) is 1.11. The third kappa shape index (κ3) is 2.61. The summed E-state index contributed by atoms with van der Waals surface area (Å²) in [6, 6.07) is 0. The molecule has 1 rings (SSSR count). The SMILES string of the molecule is CC.CC1=NOCC1. The Labute approximate surface area is 50.5 Å². The number of rotatable bonds is 0. The zero-order valence-corrected chi connectivity index (χ0v) is 5.77. The molecule has 8 heavy (non-hydrogen) atoms. The number of oxime groups is 1. The fourth-order valence-electron chi connectivity index (χ4n) is 0.395. The molecule has 0 saturated carbocycles. The smallest absolute Gasteiger partial charge is 0.122 e. The Kier molecular flexibility index (Phi) is 4.32. The fraction of sp³-hybridized carbons (Fsp3) is 0.833. The van der Waals surface area contributed by atoms with Gasteiger partial charge in [0.05, 0.1) is 5.71 Å². The van der Waals surface area contributed by atoms with E-state index in [4.69, 9.17) is 0 Å². The van der Waals surface area contributed by atoms with Gasteiger partial charge >= 0.3 is 0 Å². The average molecular weight is 115 g/mol. The van der Waals surface area contributed by atoms with Crippen LogP contribution < -0.4 is 0 Å². The van der Waals surface area contributed by atoms with E-state index in [1.54, 1.807) is 0 Å². The van der Waals surface area contributed by atoms with Gasteiger partial charge in [0.15, 0.2) is 0 Å². The van der Waals surface area contributed by atoms with E-state index in [1.165, 1.54) is 0 Å². The van der Waals surface area contributed by atoms with Crippen LogP contribution in [0, 0.1) is 0 Å². The number of hydrogen-bond acceptors (Lipinski definition) is 2. The topological polar surface area (TPSA) is 21.6 Å². The second-order valence-electron chi connectivity index (χ2n) is 1.41. The van der Waals surface area contributed by atoms with Crippen molar-refractivity contribution in [2.24, 2.45) is 5.16 Å². The minimum absolute atomic E-state index is 0.784. The van der Waals surface area contributed by atoms with Gasteiger partial charge in [-0.05, 0) is 6.92 Å². The lowest BCUT2D eigenvalue weighted by Crippen LogP contribution is -1.82. The Morgan fingerprint density at radius 1 is 1.50 bits per heavy atom. The maximum Gasteiger partial charge on any atom is 0.122 e. The van der Waals surface area contributed by atoms with Crippen molar-refractivity contribution >= 4 is 5.71 Å². The number of nitrogens with zero attached hydrogens (tertiary/aromatic N) is 1. The molecule has 0 unspecified atom stereocenters. The minimum Gasteiger partial charge on any atom is -0.395 e. The molecular weight excluding hydrogens is 102 g/mol. The summed E-state index contributed by atoms with van der Waals surface area (Å²) in [5.74, 6) is 0. The second-order valence-corrected chi connectivity index (χ2v) is 1.41. The van der Waals surface area contributed by atoms with Crippen molar-refractivity contribution in [3.8, 4) is 0 Å². The lowest BCUT2D eigenvalue weighted by molar-refractivity contribution is 0.173. The van der Waals surface area contributed by atoms with E-state index < -0.39 is 0 Å². The van der Waals surface area contributed by atoms with Gasteiger partial charge in [0.25, 0.3) is 0 Å². The van der Waals surface area contributed by atoms with Crippen LogP contribution in [0.5, 0.6) is 0 Å². The third-order valence-corrected chi connectivity index (χ3v) is 0.776. The zero-order chi connectivity index (χ0) is 6.41. The summed E-state index contributed by atoms with van der Waals surface area (Å²) in [7, 11) is 0. The summed E-state index contributed by atoms with van der Waals surface area (Å²) < 4.78 is 0. The molecule has 0 aromatic carbocycles. The van der Waals surface area contributed by atoms with Crippen LogP contribution >= 0.6 is 0 Å². The molecule has 1 aliphatic heterocycles. The van der Waals surface area contributed by atoms with Crippen LogP contribution in [-0.2, 0) is 4.84 Å². The molecule has 0 aromatic heterocycles. The summed E-state index contributed by atoms with van der Waals surface area (Å²) in [5, 5.41) is 3.65. The monoisotopic (exact) mass is 115 g/mol. The molecule has 0 bridgehead atoms. The van der Waals surface area contributed by atoms with Crippen molar-refractivity contribution in [1.29, 1.82) is 0 Å². The molecule has 1 aliphatic rings. The van der Waals surface area contributed by atoms with E-state index >= 15 is 0 Å². The Bertz CT molecular complexity index is 78.6. The normalized spacial score (nSPS) is 15.6. The van der Waals surface area contributed by atoms with Crippen LogP contribution in [0.15, 0.2) is 5.16 Å². The van der Waals surface area contributed by atoms with Crippen molar-refractivity contribution in [2.45, 2.75) is 27.2 Å². The Morgan fingerprint density at radius 2 is 2.12 bits per heavy atom. The van der Waals surface area contributed by atoms with Crippen molar-refractivity contribution in [3.63, 3.8) is 0 Å². The minimum atomic E-state index is 0.784. The summed E-state index contributed by atoms with van der Waals surface area (Å²) in [4.78, 5) is 4.64. The predicted molar refractivity (Wildman–Crippen MR) is 35.0 cm³/mol. The molecular formula is C6H13NO. The molecule has 0 fully saturated rings. The third-order valence-electron chi connectivity index (χ3n) is 0.776. The van der Waals surface area contributed by atoms with Crippen molar-refractivity contribution in [1.82, 2.24) is 0 Å². The first-order valence-corrected chi connectivity index (χ1v) is 3.05. The molecule has 2 nitrogen and oxygen atoms in total. The summed E-state index contributed by atoms with van der Waals surface area (Å²) >= 11 is 0. The molecule has 1 heterocycles. The van der Waals surface area contributed by atoms with Crippen LogP contribution in [0.1, 0.15) is 27.2 Å². The molecule has 0 amide bonds. The van der Waals surface area contributed by atoms with Crippen LogP contribution in [0.25, 0.3) is 0 Å². The first-order valence-electron chi connectivity index (χ1n) is 3.05. The zero-order valence-electron chi connectivity index (χ0n) is 5.77. The van der Waals surface area contributed by atoms with Crippen molar-refractivity contribution < 1.29 is 4.84 Å². The van der Waals surface area contributed by atoms with Crippen LogP contribution in [0.3, 0.4) is 0 Å². The van der Waals surface area contributed by atoms with Gasteiger partial charge in [-0.2, -0.15) is 0 Å². The van der Waals surface area contributed by atoms with E-state index in [0.29, 0.717) is 0 Å². The van der Waals surface area contributed by atoms with Gasteiger partial charge in [0.1, 0.15) is 6.61 Å². The largest absolute Gasteiger partial charge is 0.395 e. The van der Waals surface area contributed by atoms with Gasteiger partial charge in [-0.25, -0.2) is 0 Å². The van der Waals surface area contributed by atoms with E-state index in [2.05, 4.69) is 9.99 Å². The van der Waals surface area contributed by atoms with Gasteiger partial charge in [0.2, 0.25) is 0 Å². The van der Waals surface area contributed by atoms with E-state index in [-0.39, 0.29) is 0 Å². The van der Waals surface area contributed by atoms with Gasteiger partial charge in [-0.1, -0.05) is 19.0 Å². The van der Waals surface area contributed by atoms with E-state index in [0.717, 1.165) is 18.7 Å². The molecule has 0 spiro atoms. The van der Waals surface area contributed by atoms with Crippen molar-refractivity contribution in [2.75, 3.05) is 6.61 Å². The molecule has 0 N–H and O–H groups in total. The summed E-state index contributed by atoms with van der Waals surface area (Å²) in [6.45, 7) is 6.75. The van der Waals surface area contributed by atoms with Gasteiger partial charge in [-0.3, -0.25) is 0 Å². The summed E-state index contributed by atoms with van der Waals surface area (Å²) in [6.07, 6.45) is 1.01. The van der Waals surface area contributed by atoms with E-state index in [9.17, 15) is 0 Å². The maximum atomic E-state index is 4.64. The van der Waals surface area contributed by atoms with Gasteiger partial charge < -0.3 is 4.84 Å². The average Bonchev–Trinajstić information content (AvgIpc) is 2.24. The maximum absolute atomic E-state index is 4.64. The molecule has 0 aliphatic carbocycles. The highest BCUT2D eigenvalue weighted by Crippen LogP contribution is 1.96. The standard InChI is InChI=1S/C4H7NO.C2H6/c1-4-2-3-6-5-4;1-2/h2-3H2,1H3;1-2H3. The molecule has 0 radical (unpaired) electrons. The van der Waals surface area contributed by atoms with Crippen molar-refractivity contribution in [3.05, 3.63) is 0 Å². The second kappa shape index (κ2) is 4.62. The molecule has 0 atom stereocenters. The Balaban J connectivity index is 0.000000222. The van der Waals surface area contributed by atoms with Crippen LogP contribution in [0.2, 0.25) is 0 Å². The van der Waals surface area contributed by atoms with Gasteiger partial charge in [-0.15, -0.1) is 0 Å². The first kappa shape index (κ1) is 7.47. The highest BCUT2D eigenvalue weighted by atomic mass is 16.6. The quantitative estimate of drug-likeness (QED) is 0.471. The Hall–Kier alpha value is -0.530. The van der Waals surface area contributed by atoms with Gasteiger partial charge in [0, 0.05) is 6.42 Å². The van der Waals surface area contributed by atoms with Crippen LogP contribution in [0.4, 0.5) is 0 Å². The highest BCUT2D eigenvalue weighted by Gasteiger charge is 1.98. The molecule has 0 saturated heterocycles. The lowest BCUT2D eigenvalue weighted by Gasteiger charge is -1.76. The lowest BCUT2D eigenvalue weighted by atomic mass is 10.3. The highest BCUT2D eigenvalue weighted by molar-refractivity contribution is 5.82. The molecule has 0 aromatic rings. The predicted octanol–water partition coefficient (Wildman–Crippen LogP) is 1.81. The van der Waals surface area contributed by atoms with Crippen LogP contribution in [-0.4, -0.2) is 12.3 Å². The molecule has 2 heteroatoms. The van der Waals surface area contributed by atoms with E-state index in [1.807, 2.05) is 20.8 Å². The molecule has 48 valence electrons.